The zero-order valence-corrected chi connectivity index (χ0v) is 15.5. The van der Waals surface area contributed by atoms with Crippen LogP contribution in [-0.4, -0.2) is 38.0 Å². The van der Waals surface area contributed by atoms with Gasteiger partial charge < -0.3 is 18.8 Å². The maximum atomic E-state index is 12.5. The number of esters is 1. The van der Waals surface area contributed by atoms with E-state index < -0.39 is 12.1 Å². The Balaban J connectivity index is 1.79. The predicted octanol–water partition coefficient (Wildman–Crippen LogP) is 3.36. The van der Waals surface area contributed by atoms with E-state index in [9.17, 15) is 9.59 Å². The first kappa shape index (κ1) is 18.5. The SMILES string of the molecule is COc1ccc2c(CC(=O)O[C@H](C(=O)N(C)C)c3ccccc3)coc2c1. The van der Waals surface area contributed by atoms with E-state index in [2.05, 4.69) is 0 Å². The third kappa shape index (κ3) is 4.11. The maximum Gasteiger partial charge on any atom is 0.311 e. The second kappa shape index (κ2) is 7.95. The summed E-state index contributed by atoms with van der Waals surface area (Å²) in [6.45, 7) is 0. The highest BCUT2D eigenvalue weighted by molar-refractivity contribution is 5.88. The summed E-state index contributed by atoms with van der Waals surface area (Å²) >= 11 is 0. The van der Waals surface area contributed by atoms with Crippen molar-refractivity contribution >= 4 is 22.8 Å². The average Bonchev–Trinajstić information content (AvgIpc) is 3.08. The summed E-state index contributed by atoms with van der Waals surface area (Å²) in [6, 6.07) is 14.4. The van der Waals surface area contributed by atoms with Gasteiger partial charge in [0.05, 0.1) is 19.8 Å². The van der Waals surface area contributed by atoms with Gasteiger partial charge in [-0.25, -0.2) is 0 Å². The second-order valence-electron chi connectivity index (χ2n) is 6.31. The minimum atomic E-state index is -0.980. The van der Waals surface area contributed by atoms with Crippen molar-refractivity contribution in [3.8, 4) is 5.75 Å². The number of nitrogens with zero attached hydrogens (tertiary/aromatic N) is 1. The van der Waals surface area contributed by atoms with Crippen molar-refractivity contribution in [2.24, 2.45) is 0 Å². The van der Waals surface area contributed by atoms with Crippen molar-refractivity contribution in [1.82, 2.24) is 4.90 Å². The number of fused-ring (bicyclic) bond motifs is 1. The van der Waals surface area contributed by atoms with Crippen molar-refractivity contribution in [3.05, 3.63) is 65.9 Å². The van der Waals surface area contributed by atoms with E-state index in [1.54, 1.807) is 57.6 Å². The van der Waals surface area contributed by atoms with E-state index in [0.717, 1.165) is 5.39 Å². The Morgan fingerprint density at radius 2 is 1.85 bits per heavy atom. The molecule has 140 valence electrons. The zero-order chi connectivity index (χ0) is 19.4. The molecule has 0 aliphatic heterocycles. The van der Waals surface area contributed by atoms with Gasteiger partial charge in [-0.3, -0.25) is 9.59 Å². The Labute approximate surface area is 157 Å². The van der Waals surface area contributed by atoms with E-state index in [1.807, 2.05) is 12.1 Å². The van der Waals surface area contributed by atoms with Gasteiger partial charge in [0, 0.05) is 36.7 Å². The fourth-order valence-corrected chi connectivity index (χ4v) is 2.78. The molecule has 0 spiro atoms. The average molecular weight is 367 g/mol. The third-order valence-electron chi connectivity index (χ3n) is 4.21. The molecule has 0 saturated carbocycles. The van der Waals surface area contributed by atoms with Gasteiger partial charge in [-0.05, 0) is 12.1 Å². The number of hydrogen-bond donors (Lipinski definition) is 0. The topological polar surface area (TPSA) is 69.0 Å². The lowest BCUT2D eigenvalue weighted by molar-refractivity contribution is -0.159. The highest BCUT2D eigenvalue weighted by atomic mass is 16.5. The van der Waals surface area contributed by atoms with Gasteiger partial charge in [-0.2, -0.15) is 0 Å². The molecule has 3 rings (SSSR count). The minimum absolute atomic E-state index is 0.00334. The van der Waals surface area contributed by atoms with Gasteiger partial charge >= 0.3 is 5.97 Å². The summed E-state index contributed by atoms with van der Waals surface area (Å²) in [5.41, 5.74) is 1.95. The lowest BCUT2D eigenvalue weighted by atomic mass is 10.1. The molecule has 1 aromatic heterocycles. The molecule has 27 heavy (non-hydrogen) atoms. The van der Waals surface area contributed by atoms with Crippen molar-refractivity contribution in [1.29, 1.82) is 0 Å². The fraction of sp³-hybridized carbons (Fsp3) is 0.238. The number of likely N-dealkylation sites (N-methyl/N-ethyl adjacent to an activating group) is 1. The molecular formula is C21H21NO5. The molecular weight excluding hydrogens is 346 g/mol. The molecule has 3 aromatic rings. The van der Waals surface area contributed by atoms with Crippen molar-refractivity contribution in [2.75, 3.05) is 21.2 Å². The van der Waals surface area contributed by atoms with Gasteiger partial charge in [0.2, 0.25) is 6.10 Å². The molecule has 0 aliphatic rings. The highest BCUT2D eigenvalue weighted by Gasteiger charge is 2.26. The summed E-state index contributed by atoms with van der Waals surface area (Å²) < 4.78 is 16.2. The van der Waals surface area contributed by atoms with E-state index in [0.29, 0.717) is 22.5 Å². The Hall–Kier alpha value is -3.28. The summed E-state index contributed by atoms with van der Waals surface area (Å²) in [5, 5.41) is 0.808. The fourth-order valence-electron chi connectivity index (χ4n) is 2.78. The molecule has 1 amide bonds. The van der Waals surface area contributed by atoms with Crippen LogP contribution in [0.4, 0.5) is 0 Å². The Bertz CT molecular complexity index is 946. The number of carbonyl (C=O) groups is 2. The van der Waals surface area contributed by atoms with Gasteiger partial charge in [0.15, 0.2) is 0 Å². The first-order chi connectivity index (χ1) is 13.0. The monoisotopic (exact) mass is 367 g/mol. The van der Waals surface area contributed by atoms with Crippen LogP contribution in [0.3, 0.4) is 0 Å². The zero-order valence-electron chi connectivity index (χ0n) is 15.5. The standard InChI is InChI=1S/C21H21NO5/c1-22(2)21(24)20(14-7-5-4-6-8-14)27-19(23)11-15-13-26-18-12-16(25-3)9-10-17(15)18/h4-10,12-13,20H,11H2,1-3H3/t20-/m0/s1. The molecule has 0 radical (unpaired) electrons. The van der Waals surface area contributed by atoms with Crippen molar-refractivity contribution < 1.29 is 23.5 Å². The molecule has 1 atom stereocenters. The van der Waals surface area contributed by atoms with Crippen LogP contribution in [0.25, 0.3) is 11.0 Å². The van der Waals surface area contributed by atoms with Crippen LogP contribution < -0.4 is 4.74 Å². The Morgan fingerprint density at radius 1 is 1.11 bits per heavy atom. The molecule has 0 bridgehead atoms. The Kier molecular flexibility index (Phi) is 5.45. The highest BCUT2D eigenvalue weighted by Crippen LogP contribution is 2.27. The summed E-state index contributed by atoms with van der Waals surface area (Å²) in [4.78, 5) is 26.4. The van der Waals surface area contributed by atoms with E-state index in [4.69, 9.17) is 13.9 Å². The largest absolute Gasteiger partial charge is 0.497 e. The molecule has 6 nitrogen and oxygen atoms in total. The number of ether oxygens (including phenoxy) is 2. The molecule has 6 heteroatoms. The molecule has 0 saturated heterocycles. The molecule has 1 heterocycles. The molecule has 2 aromatic carbocycles. The van der Waals surface area contributed by atoms with Crippen molar-refractivity contribution in [3.63, 3.8) is 0 Å². The first-order valence-corrected chi connectivity index (χ1v) is 8.49. The summed E-state index contributed by atoms with van der Waals surface area (Å²) in [5.74, 6) is -0.124. The summed E-state index contributed by atoms with van der Waals surface area (Å²) in [7, 11) is 4.83. The van der Waals surface area contributed by atoms with Crippen LogP contribution in [0.1, 0.15) is 17.2 Å². The van der Waals surface area contributed by atoms with Crippen LogP contribution in [-0.2, 0) is 20.7 Å². The molecule has 0 aliphatic carbocycles. The molecule has 0 fully saturated rings. The van der Waals surface area contributed by atoms with E-state index in [1.165, 1.54) is 11.2 Å². The number of furan rings is 1. The van der Waals surface area contributed by atoms with Gasteiger partial charge in [-0.15, -0.1) is 0 Å². The Morgan fingerprint density at radius 3 is 2.52 bits per heavy atom. The number of rotatable bonds is 6. The van der Waals surface area contributed by atoms with Crippen LogP contribution in [0.15, 0.2) is 59.2 Å². The van der Waals surface area contributed by atoms with Gasteiger partial charge in [0.25, 0.3) is 5.91 Å². The molecule has 0 N–H and O–H groups in total. The lowest BCUT2D eigenvalue weighted by Crippen LogP contribution is -2.31. The van der Waals surface area contributed by atoms with E-state index in [-0.39, 0.29) is 12.3 Å². The predicted molar refractivity (Wildman–Crippen MR) is 100 cm³/mol. The van der Waals surface area contributed by atoms with Crippen LogP contribution in [0.5, 0.6) is 5.75 Å². The minimum Gasteiger partial charge on any atom is -0.497 e. The van der Waals surface area contributed by atoms with Gasteiger partial charge in [0.1, 0.15) is 11.3 Å². The quantitative estimate of drug-likeness (QED) is 0.625. The van der Waals surface area contributed by atoms with Gasteiger partial charge in [-0.1, -0.05) is 30.3 Å². The van der Waals surface area contributed by atoms with Crippen LogP contribution >= 0.6 is 0 Å². The third-order valence-corrected chi connectivity index (χ3v) is 4.21. The maximum absolute atomic E-state index is 12.5. The van der Waals surface area contributed by atoms with Crippen LogP contribution in [0.2, 0.25) is 0 Å². The molecule has 0 unspecified atom stereocenters. The number of methoxy groups -OCH3 is 1. The summed E-state index contributed by atoms with van der Waals surface area (Å²) in [6.07, 6.45) is 0.548. The smallest absolute Gasteiger partial charge is 0.311 e. The normalized spacial score (nSPS) is 11.8. The number of benzene rings is 2. The second-order valence-corrected chi connectivity index (χ2v) is 6.31. The van der Waals surface area contributed by atoms with Crippen molar-refractivity contribution in [2.45, 2.75) is 12.5 Å². The number of amides is 1. The lowest BCUT2D eigenvalue weighted by Gasteiger charge is -2.21. The number of hydrogen-bond acceptors (Lipinski definition) is 5. The number of carbonyl (C=O) groups excluding carboxylic acids is 2. The van der Waals surface area contributed by atoms with E-state index >= 15 is 0 Å². The first-order valence-electron chi connectivity index (χ1n) is 8.49. The van der Waals surface area contributed by atoms with Crippen LogP contribution in [0, 0.1) is 0 Å².